The topological polar surface area (TPSA) is 63.1 Å². The van der Waals surface area contributed by atoms with Crippen LogP contribution in [0.4, 0.5) is 13.2 Å². The van der Waals surface area contributed by atoms with Crippen LogP contribution >= 0.6 is 23.3 Å². The molecule has 0 aliphatic carbocycles. The van der Waals surface area contributed by atoms with Gasteiger partial charge in [0.25, 0.3) is 0 Å². The molecule has 0 bridgehead atoms. The molecule has 0 aliphatic rings. The van der Waals surface area contributed by atoms with Gasteiger partial charge in [-0.15, -0.1) is 0 Å². The molecule has 0 aliphatic heterocycles. The third-order valence-corrected chi connectivity index (χ3v) is 3.60. The molecule has 1 N–H and O–H groups in total. The van der Waals surface area contributed by atoms with Gasteiger partial charge < -0.3 is 5.11 Å². The van der Waals surface area contributed by atoms with Crippen molar-refractivity contribution in [3.8, 4) is 0 Å². The minimum atomic E-state index is -4.57. The Kier molecular flexibility index (Phi) is 4.14. The first-order chi connectivity index (χ1) is 7.29. The first-order valence-corrected chi connectivity index (χ1v) is 5.70. The number of aromatic nitrogens is 2. The van der Waals surface area contributed by atoms with Crippen LogP contribution in [0.2, 0.25) is 0 Å². The molecule has 1 aromatic heterocycles. The normalized spacial score (nSPS) is 13.8. The highest BCUT2D eigenvalue weighted by Crippen LogP contribution is 2.37. The number of carbonyl (C=O) groups is 1. The Morgan fingerprint density at radius 3 is 2.62 bits per heavy atom. The van der Waals surface area contributed by atoms with Gasteiger partial charge in [-0.2, -0.15) is 17.5 Å². The molecule has 0 fully saturated rings. The molecular weight excluding hydrogens is 265 g/mol. The molecule has 0 saturated heterocycles. The first-order valence-electron chi connectivity index (χ1n) is 4.04. The zero-order valence-electron chi connectivity index (χ0n) is 7.98. The summed E-state index contributed by atoms with van der Waals surface area (Å²) in [7, 11) is 0. The fraction of sp³-hybridized carbons (Fsp3) is 0.571. The number of nitrogens with zero attached hydrogens (tertiary/aromatic N) is 2. The third kappa shape index (κ3) is 3.97. The largest absolute Gasteiger partial charge is 0.481 e. The predicted octanol–water partition coefficient (Wildman–Crippen LogP) is 2.34. The SMILES string of the molecule is Cc1nsc(SC(CC(=O)O)C(F)(F)F)n1. The minimum Gasteiger partial charge on any atom is -0.481 e. The van der Waals surface area contributed by atoms with E-state index in [1.165, 1.54) is 0 Å². The smallest absolute Gasteiger partial charge is 0.401 e. The Balaban J connectivity index is 2.74. The lowest BCUT2D eigenvalue weighted by molar-refractivity contribution is -0.149. The number of halogens is 3. The van der Waals surface area contributed by atoms with Gasteiger partial charge in [0.1, 0.15) is 11.1 Å². The van der Waals surface area contributed by atoms with E-state index in [-0.39, 0.29) is 4.34 Å². The van der Waals surface area contributed by atoms with Gasteiger partial charge in [-0.1, -0.05) is 11.8 Å². The van der Waals surface area contributed by atoms with Crippen molar-refractivity contribution in [3.63, 3.8) is 0 Å². The fourth-order valence-electron chi connectivity index (χ4n) is 0.830. The highest BCUT2D eigenvalue weighted by atomic mass is 32.2. The standard InChI is InChI=1S/C7H7F3N2O2S2/c1-3-11-6(16-12-3)15-4(2-5(13)14)7(8,9)10/h4H,2H2,1H3,(H,13,14). The summed E-state index contributed by atoms with van der Waals surface area (Å²) in [5.74, 6) is -1.11. The van der Waals surface area contributed by atoms with E-state index in [0.29, 0.717) is 17.6 Å². The van der Waals surface area contributed by atoms with E-state index in [0.717, 1.165) is 11.5 Å². The van der Waals surface area contributed by atoms with E-state index in [1.54, 1.807) is 6.92 Å². The molecule has 1 rings (SSSR count). The molecule has 9 heteroatoms. The molecule has 1 heterocycles. The van der Waals surface area contributed by atoms with Gasteiger partial charge in [-0.05, 0) is 18.5 Å². The van der Waals surface area contributed by atoms with E-state index < -0.39 is 23.8 Å². The van der Waals surface area contributed by atoms with Crippen molar-refractivity contribution in [2.75, 3.05) is 0 Å². The summed E-state index contributed by atoms with van der Waals surface area (Å²) < 4.78 is 41.2. The van der Waals surface area contributed by atoms with Gasteiger partial charge >= 0.3 is 12.1 Å². The van der Waals surface area contributed by atoms with Gasteiger partial charge in [-0.3, -0.25) is 4.79 Å². The van der Waals surface area contributed by atoms with Crippen molar-refractivity contribution in [3.05, 3.63) is 5.82 Å². The van der Waals surface area contributed by atoms with E-state index in [9.17, 15) is 18.0 Å². The monoisotopic (exact) mass is 272 g/mol. The number of alkyl halides is 3. The maximum absolute atomic E-state index is 12.4. The maximum atomic E-state index is 12.4. The molecule has 1 atom stereocenters. The number of aliphatic carboxylic acids is 1. The van der Waals surface area contributed by atoms with Crippen LogP contribution in [0.3, 0.4) is 0 Å². The zero-order chi connectivity index (χ0) is 12.3. The predicted molar refractivity (Wildman–Crippen MR) is 52.6 cm³/mol. The number of thioether (sulfide) groups is 1. The maximum Gasteiger partial charge on any atom is 0.401 e. The van der Waals surface area contributed by atoms with Crippen molar-refractivity contribution in [1.82, 2.24) is 9.36 Å². The van der Waals surface area contributed by atoms with Crippen LogP contribution in [-0.4, -0.2) is 31.9 Å². The van der Waals surface area contributed by atoms with Crippen molar-refractivity contribution in [2.24, 2.45) is 0 Å². The van der Waals surface area contributed by atoms with E-state index in [4.69, 9.17) is 5.11 Å². The third-order valence-electron chi connectivity index (χ3n) is 1.48. The van der Waals surface area contributed by atoms with Gasteiger partial charge in [-0.25, -0.2) is 4.98 Å². The van der Waals surface area contributed by atoms with Crippen LogP contribution in [0.15, 0.2) is 4.34 Å². The summed E-state index contributed by atoms with van der Waals surface area (Å²) in [5.41, 5.74) is 0. The Morgan fingerprint density at radius 1 is 1.62 bits per heavy atom. The lowest BCUT2D eigenvalue weighted by Crippen LogP contribution is -2.28. The van der Waals surface area contributed by atoms with Crippen molar-refractivity contribution < 1.29 is 23.1 Å². The molecule has 4 nitrogen and oxygen atoms in total. The number of aryl methyl sites for hydroxylation is 1. The number of hydrogen-bond acceptors (Lipinski definition) is 5. The summed E-state index contributed by atoms with van der Waals surface area (Å²) in [6.07, 6.45) is -5.55. The number of rotatable bonds is 4. The quantitative estimate of drug-likeness (QED) is 0.852. The van der Waals surface area contributed by atoms with Crippen molar-refractivity contribution in [2.45, 2.75) is 29.1 Å². The lowest BCUT2D eigenvalue weighted by Gasteiger charge is -2.15. The molecule has 90 valence electrons. The average molecular weight is 272 g/mol. The molecule has 1 aromatic rings. The van der Waals surface area contributed by atoms with Crippen LogP contribution < -0.4 is 0 Å². The highest BCUT2D eigenvalue weighted by molar-refractivity contribution is 8.01. The van der Waals surface area contributed by atoms with Crippen LogP contribution in [0.25, 0.3) is 0 Å². The highest BCUT2D eigenvalue weighted by Gasteiger charge is 2.42. The summed E-state index contributed by atoms with van der Waals surface area (Å²) in [6.45, 7) is 1.56. The summed E-state index contributed by atoms with van der Waals surface area (Å²) in [4.78, 5) is 14.1. The van der Waals surface area contributed by atoms with E-state index in [1.807, 2.05) is 0 Å². The summed E-state index contributed by atoms with van der Waals surface area (Å²) in [6, 6.07) is 0. The lowest BCUT2D eigenvalue weighted by atomic mass is 10.3. The van der Waals surface area contributed by atoms with E-state index in [2.05, 4.69) is 9.36 Å². The van der Waals surface area contributed by atoms with Gasteiger partial charge in [0.05, 0.1) is 6.42 Å². The minimum absolute atomic E-state index is 0.126. The average Bonchev–Trinajstić information content (AvgIpc) is 2.47. The number of carboxylic acids is 1. The van der Waals surface area contributed by atoms with Gasteiger partial charge in [0.2, 0.25) is 0 Å². The van der Waals surface area contributed by atoms with Crippen LogP contribution in [0.5, 0.6) is 0 Å². The second kappa shape index (κ2) is 5.00. The van der Waals surface area contributed by atoms with Crippen LogP contribution in [-0.2, 0) is 4.79 Å². The van der Waals surface area contributed by atoms with E-state index >= 15 is 0 Å². The Labute approximate surface area is 97.1 Å². The Bertz CT molecular complexity index is 380. The molecule has 0 spiro atoms. The van der Waals surface area contributed by atoms with Crippen molar-refractivity contribution >= 4 is 29.3 Å². The van der Waals surface area contributed by atoms with Crippen LogP contribution in [0.1, 0.15) is 12.2 Å². The molecule has 1 unspecified atom stereocenters. The molecule has 0 aromatic carbocycles. The molecule has 0 saturated carbocycles. The zero-order valence-corrected chi connectivity index (χ0v) is 9.62. The summed E-state index contributed by atoms with van der Waals surface area (Å²) in [5, 5.41) is 6.40. The Hall–Kier alpha value is -0.830. The molecule has 0 radical (unpaired) electrons. The second-order valence-electron chi connectivity index (χ2n) is 2.85. The Morgan fingerprint density at radius 2 is 2.25 bits per heavy atom. The molecular formula is C7H7F3N2O2S2. The molecule has 0 amide bonds. The number of hydrogen-bond donors (Lipinski definition) is 1. The van der Waals surface area contributed by atoms with Gasteiger partial charge in [0.15, 0.2) is 4.34 Å². The first kappa shape index (κ1) is 13.2. The van der Waals surface area contributed by atoms with Crippen LogP contribution in [0, 0.1) is 6.92 Å². The number of carboxylic acid groups (broad SMARTS) is 1. The summed E-state index contributed by atoms with van der Waals surface area (Å²) >= 11 is 1.21. The second-order valence-corrected chi connectivity index (χ2v) is 5.06. The van der Waals surface area contributed by atoms with Gasteiger partial charge in [0, 0.05) is 0 Å². The van der Waals surface area contributed by atoms with Crippen molar-refractivity contribution in [1.29, 1.82) is 0 Å². The fourth-order valence-corrected chi connectivity index (χ4v) is 2.67. The molecule has 16 heavy (non-hydrogen) atoms.